The first-order valence-electron chi connectivity index (χ1n) is 4.21. The SMILES string of the molecule is CCCN(C)c1ccccc1F. The monoisotopic (exact) mass is 167 g/mol. The standard InChI is InChI=1S/C10H14FN/c1-3-8-12(2)10-7-5-4-6-9(10)11/h4-7H,3,8H2,1-2H3. The van der Waals surface area contributed by atoms with Gasteiger partial charge in [0.05, 0.1) is 5.69 Å². The summed E-state index contributed by atoms with van der Waals surface area (Å²) < 4.78 is 13.1. The summed E-state index contributed by atoms with van der Waals surface area (Å²) in [5, 5.41) is 0. The van der Waals surface area contributed by atoms with Gasteiger partial charge >= 0.3 is 0 Å². The normalized spacial score (nSPS) is 9.92. The molecule has 0 aliphatic rings. The van der Waals surface area contributed by atoms with Gasteiger partial charge in [-0.1, -0.05) is 19.1 Å². The van der Waals surface area contributed by atoms with E-state index in [0.717, 1.165) is 13.0 Å². The predicted molar refractivity (Wildman–Crippen MR) is 50.0 cm³/mol. The molecule has 0 aromatic heterocycles. The van der Waals surface area contributed by atoms with Crippen LogP contribution in [0.5, 0.6) is 0 Å². The third-order valence-electron chi connectivity index (χ3n) is 1.82. The second-order valence-corrected chi connectivity index (χ2v) is 2.87. The van der Waals surface area contributed by atoms with Crippen LogP contribution in [0, 0.1) is 5.82 Å². The maximum absolute atomic E-state index is 13.1. The van der Waals surface area contributed by atoms with Crippen molar-refractivity contribution in [1.29, 1.82) is 0 Å². The van der Waals surface area contributed by atoms with Crippen molar-refractivity contribution in [1.82, 2.24) is 0 Å². The van der Waals surface area contributed by atoms with Gasteiger partial charge in [-0.15, -0.1) is 0 Å². The Morgan fingerprint density at radius 2 is 2.00 bits per heavy atom. The van der Waals surface area contributed by atoms with Crippen molar-refractivity contribution in [3.63, 3.8) is 0 Å². The number of rotatable bonds is 3. The van der Waals surface area contributed by atoms with Crippen LogP contribution in [0.3, 0.4) is 0 Å². The zero-order valence-corrected chi connectivity index (χ0v) is 7.55. The highest BCUT2D eigenvalue weighted by molar-refractivity contribution is 5.46. The van der Waals surface area contributed by atoms with Crippen molar-refractivity contribution in [3.05, 3.63) is 30.1 Å². The van der Waals surface area contributed by atoms with Gasteiger partial charge in [0, 0.05) is 13.6 Å². The number of anilines is 1. The van der Waals surface area contributed by atoms with E-state index in [1.807, 2.05) is 18.0 Å². The van der Waals surface area contributed by atoms with Gasteiger partial charge in [-0.05, 0) is 18.6 Å². The fourth-order valence-electron chi connectivity index (χ4n) is 1.22. The number of benzene rings is 1. The molecule has 1 aromatic rings. The van der Waals surface area contributed by atoms with Crippen LogP contribution in [0.2, 0.25) is 0 Å². The summed E-state index contributed by atoms with van der Waals surface area (Å²) in [5.41, 5.74) is 0.680. The van der Waals surface area contributed by atoms with Gasteiger partial charge in [-0.2, -0.15) is 0 Å². The van der Waals surface area contributed by atoms with E-state index in [-0.39, 0.29) is 5.82 Å². The zero-order chi connectivity index (χ0) is 8.97. The molecule has 0 saturated carbocycles. The van der Waals surface area contributed by atoms with Crippen LogP contribution < -0.4 is 4.90 Å². The number of hydrogen-bond acceptors (Lipinski definition) is 1. The van der Waals surface area contributed by atoms with Crippen molar-refractivity contribution in [2.24, 2.45) is 0 Å². The van der Waals surface area contributed by atoms with Crippen molar-refractivity contribution in [2.45, 2.75) is 13.3 Å². The van der Waals surface area contributed by atoms with Crippen LogP contribution in [-0.2, 0) is 0 Å². The van der Waals surface area contributed by atoms with Gasteiger partial charge in [-0.3, -0.25) is 0 Å². The highest BCUT2D eigenvalue weighted by atomic mass is 19.1. The Hall–Kier alpha value is -1.05. The lowest BCUT2D eigenvalue weighted by atomic mass is 10.3. The first kappa shape index (κ1) is 9.04. The lowest BCUT2D eigenvalue weighted by Crippen LogP contribution is -2.18. The number of nitrogens with zero attached hydrogens (tertiary/aromatic N) is 1. The number of halogens is 1. The smallest absolute Gasteiger partial charge is 0.146 e. The predicted octanol–water partition coefficient (Wildman–Crippen LogP) is 2.67. The molecule has 0 spiro atoms. The molecule has 0 aliphatic carbocycles. The van der Waals surface area contributed by atoms with Gasteiger partial charge in [0.15, 0.2) is 0 Å². The van der Waals surface area contributed by atoms with Crippen LogP contribution in [0.1, 0.15) is 13.3 Å². The zero-order valence-electron chi connectivity index (χ0n) is 7.55. The third kappa shape index (κ3) is 1.97. The molecule has 12 heavy (non-hydrogen) atoms. The maximum Gasteiger partial charge on any atom is 0.146 e. The van der Waals surface area contributed by atoms with Gasteiger partial charge in [0.2, 0.25) is 0 Å². The van der Waals surface area contributed by atoms with E-state index in [4.69, 9.17) is 0 Å². The van der Waals surface area contributed by atoms with E-state index >= 15 is 0 Å². The minimum absolute atomic E-state index is 0.145. The van der Waals surface area contributed by atoms with Crippen molar-refractivity contribution in [2.75, 3.05) is 18.5 Å². The molecule has 1 aromatic carbocycles. The van der Waals surface area contributed by atoms with Crippen LogP contribution in [-0.4, -0.2) is 13.6 Å². The summed E-state index contributed by atoms with van der Waals surface area (Å²) in [6.45, 7) is 2.97. The highest BCUT2D eigenvalue weighted by Crippen LogP contribution is 2.16. The van der Waals surface area contributed by atoms with Crippen molar-refractivity contribution in [3.8, 4) is 0 Å². The van der Waals surface area contributed by atoms with E-state index < -0.39 is 0 Å². The first-order valence-corrected chi connectivity index (χ1v) is 4.21. The average molecular weight is 167 g/mol. The molecule has 0 N–H and O–H groups in total. The lowest BCUT2D eigenvalue weighted by molar-refractivity contribution is 0.621. The molecule has 0 fully saturated rings. The van der Waals surface area contributed by atoms with Crippen LogP contribution in [0.15, 0.2) is 24.3 Å². The topological polar surface area (TPSA) is 3.24 Å². The van der Waals surface area contributed by atoms with E-state index in [9.17, 15) is 4.39 Å². The highest BCUT2D eigenvalue weighted by Gasteiger charge is 2.03. The summed E-state index contributed by atoms with van der Waals surface area (Å²) in [6.07, 6.45) is 1.03. The molecule has 0 unspecified atom stereocenters. The van der Waals surface area contributed by atoms with E-state index in [2.05, 4.69) is 6.92 Å². The maximum atomic E-state index is 13.1. The number of para-hydroxylation sites is 1. The minimum atomic E-state index is -0.145. The largest absolute Gasteiger partial charge is 0.372 e. The molecule has 1 nitrogen and oxygen atoms in total. The second kappa shape index (κ2) is 4.10. The van der Waals surface area contributed by atoms with Gasteiger partial charge in [0.25, 0.3) is 0 Å². The fourth-order valence-corrected chi connectivity index (χ4v) is 1.22. The lowest BCUT2D eigenvalue weighted by Gasteiger charge is -2.18. The van der Waals surface area contributed by atoms with Crippen molar-refractivity contribution < 1.29 is 4.39 Å². The first-order chi connectivity index (χ1) is 5.75. The average Bonchev–Trinajstić information content (AvgIpc) is 2.05. The Morgan fingerprint density at radius 1 is 1.33 bits per heavy atom. The Labute approximate surface area is 72.8 Å². The van der Waals surface area contributed by atoms with Crippen LogP contribution >= 0.6 is 0 Å². The molecular formula is C10H14FN. The molecule has 0 amide bonds. The van der Waals surface area contributed by atoms with Gasteiger partial charge in [-0.25, -0.2) is 4.39 Å². The molecular weight excluding hydrogens is 153 g/mol. The Kier molecular flexibility index (Phi) is 3.09. The summed E-state index contributed by atoms with van der Waals surface area (Å²) in [6, 6.07) is 6.84. The Bertz CT molecular complexity index is 247. The molecule has 0 atom stereocenters. The van der Waals surface area contributed by atoms with Crippen molar-refractivity contribution >= 4 is 5.69 Å². The molecule has 0 saturated heterocycles. The number of hydrogen-bond donors (Lipinski definition) is 0. The Morgan fingerprint density at radius 3 is 2.58 bits per heavy atom. The Balaban J connectivity index is 2.79. The van der Waals surface area contributed by atoms with E-state index in [1.54, 1.807) is 12.1 Å². The summed E-state index contributed by atoms with van der Waals surface area (Å²) in [7, 11) is 1.90. The molecule has 0 aliphatic heterocycles. The molecule has 0 bridgehead atoms. The van der Waals surface area contributed by atoms with Crippen LogP contribution in [0.4, 0.5) is 10.1 Å². The van der Waals surface area contributed by atoms with Gasteiger partial charge < -0.3 is 4.90 Å². The molecule has 1 rings (SSSR count). The molecule has 0 heterocycles. The summed E-state index contributed by atoms with van der Waals surface area (Å²) in [4.78, 5) is 1.93. The molecule has 0 radical (unpaired) electrons. The van der Waals surface area contributed by atoms with Crippen LogP contribution in [0.25, 0.3) is 0 Å². The molecule has 2 heteroatoms. The third-order valence-corrected chi connectivity index (χ3v) is 1.82. The molecule has 66 valence electrons. The summed E-state index contributed by atoms with van der Waals surface area (Å²) in [5.74, 6) is -0.145. The minimum Gasteiger partial charge on any atom is -0.372 e. The quantitative estimate of drug-likeness (QED) is 0.669. The second-order valence-electron chi connectivity index (χ2n) is 2.87. The fraction of sp³-hybridized carbons (Fsp3) is 0.400. The summed E-state index contributed by atoms with van der Waals surface area (Å²) >= 11 is 0. The van der Waals surface area contributed by atoms with E-state index in [0.29, 0.717) is 5.69 Å². The van der Waals surface area contributed by atoms with Gasteiger partial charge in [0.1, 0.15) is 5.82 Å². The van der Waals surface area contributed by atoms with E-state index in [1.165, 1.54) is 6.07 Å².